The monoisotopic (exact) mass is 254 g/mol. The predicted octanol–water partition coefficient (Wildman–Crippen LogP) is 3.73. The Bertz CT molecular complexity index is 683. The topological polar surface area (TPSA) is 38.9 Å². The van der Waals surface area contributed by atoms with E-state index >= 15 is 0 Å². The number of nitrogens with zero attached hydrogens (tertiary/aromatic N) is 1. The van der Waals surface area contributed by atoms with E-state index in [0.29, 0.717) is 6.54 Å². The van der Waals surface area contributed by atoms with Crippen molar-refractivity contribution in [1.82, 2.24) is 4.98 Å². The van der Waals surface area contributed by atoms with E-state index in [1.165, 1.54) is 15.8 Å². The van der Waals surface area contributed by atoms with Gasteiger partial charge in [-0.05, 0) is 35.7 Å². The maximum absolute atomic E-state index is 5.61. The zero-order chi connectivity index (χ0) is 12.5. The molecule has 18 heavy (non-hydrogen) atoms. The van der Waals surface area contributed by atoms with Gasteiger partial charge in [-0.1, -0.05) is 30.3 Å². The van der Waals surface area contributed by atoms with Crippen LogP contribution in [-0.4, -0.2) is 4.98 Å². The Hall–Kier alpha value is -1.71. The second-order valence-electron chi connectivity index (χ2n) is 4.32. The summed E-state index contributed by atoms with van der Waals surface area (Å²) in [5.74, 6) is 0. The minimum atomic E-state index is 0.588. The summed E-state index contributed by atoms with van der Waals surface area (Å²) in [6.45, 7) is 2.63. The van der Waals surface area contributed by atoms with Crippen LogP contribution in [0.4, 0.5) is 0 Å². The Kier molecular flexibility index (Phi) is 2.86. The molecule has 2 N–H and O–H groups in total. The van der Waals surface area contributed by atoms with Crippen molar-refractivity contribution in [2.24, 2.45) is 5.73 Å². The first-order chi connectivity index (χ1) is 8.76. The van der Waals surface area contributed by atoms with Crippen molar-refractivity contribution in [3.05, 3.63) is 53.0 Å². The van der Waals surface area contributed by atoms with Crippen LogP contribution in [0.15, 0.2) is 42.5 Å². The Morgan fingerprint density at radius 1 is 1.06 bits per heavy atom. The number of thiazole rings is 1. The Balaban J connectivity index is 2.06. The van der Waals surface area contributed by atoms with Gasteiger partial charge in [0.25, 0.3) is 0 Å². The van der Waals surface area contributed by atoms with E-state index in [-0.39, 0.29) is 0 Å². The van der Waals surface area contributed by atoms with E-state index in [2.05, 4.69) is 47.4 Å². The number of benzene rings is 2. The highest BCUT2D eigenvalue weighted by Crippen LogP contribution is 2.27. The third kappa shape index (κ3) is 2.03. The summed E-state index contributed by atoms with van der Waals surface area (Å²) in [6.07, 6.45) is 0. The van der Waals surface area contributed by atoms with Crippen molar-refractivity contribution < 1.29 is 0 Å². The molecule has 0 saturated heterocycles. The maximum Gasteiger partial charge on any atom is 0.0907 e. The molecule has 0 aliphatic rings. The highest BCUT2D eigenvalue weighted by atomic mass is 32.1. The lowest BCUT2D eigenvalue weighted by molar-refractivity contribution is 1.07. The molecule has 0 aliphatic carbocycles. The fourth-order valence-corrected chi connectivity index (χ4v) is 2.86. The Morgan fingerprint density at radius 2 is 1.78 bits per heavy atom. The normalized spacial score (nSPS) is 11.0. The van der Waals surface area contributed by atoms with Gasteiger partial charge in [0, 0.05) is 6.54 Å². The van der Waals surface area contributed by atoms with Crippen molar-refractivity contribution in [2.75, 3.05) is 0 Å². The van der Waals surface area contributed by atoms with Crippen molar-refractivity contribution in [1.29, 1.82) is 0 Å². The number of fused-ring (bicyclic) bond motifs is 1. The third-order valence-electron chi connectivity index (χ3n) is 3.02. The van der Waals surface area contributed by atoms with Crippen molar-refractivity contribution in [2.45, 2.75) is 13.5 Å². The summed E-state index contributed by atoms with van der Waals surface area (Å²) >= 11 is 1.73. The van der Waals surface area contributed by atoms with Gasteiger partial charge in [-0.2, -0.15) is 0 Å². The summed E-state index contributed by atoms with van der Waals surface area (Å²) in [5, 5.41) is 1.11. The number of hydrogen-bond donors (Lipinski definition) is 1. The summed E-state index contributed by atoms with van der Waals surface area (Å²) in [5.41, 5.74) is 10.3. The van der Waals surface area contributed by atoms with Crippen LogP contribution < -0.4 is 5.73 Å². The van der Waals surface area contributed by atoms with Crippen LogP contribution in [0.5, 0.6) is 0 Å². The van der Waals surface area contributed by atoms with E-state index in [9.17, 15) is 0 Å². The lowest BCUT2D eigenvalue weighted by Crippen LogP contribution is -1.95. The van der Waals surface area contributed by atoms with Gasteiger partial charge in [-0.15, -0.1) is 11.3 Å². The molecule has 2 aromatic carbocycles. The first-order valence-corrected chi connectivity index (χ1v) is 6.74. The molecule has 3 aromatic rings. The predicted molar refractivity (Wildman–Crippen MR) is 77.7 cm³/mol. The molecule has 0 amide bonds. The molecule has 0 bridgehead atoms. The van der Waals surface area contributed by atoms with Gasteiger partial charge in [-0.3, -0.25) is 0 Å². The Morgan fingerprint density at radius 3 is 2.50 bits per heavy atom. The highest BCUT2D eigenvalue weighted by molar-refractivity contribution is 7.18. The molecule has 0 saturated carbocycles. The minimum Gasteiger partial charge on any atom is -0.326 e. The smallest absolute Gasteiger partial charge is 0.0907 e. The largest absolute Gasteiger partial charge is 0.326 e. The molecular formula is C15H14N2S. The quantitative estimate of drug-likeness (QED) is 0.756. The summed E-state index contributed by atoms with van der Waals surface area (Å²) in [6, 6.07) is 14.8. The molecule has 90 valence electrons. The fraction of sp³-hybridized carbons (Fsp3) is 0.133. The number of rotatable bonds is 2. The van der Waals surface area contributed by atoms with E-state index in [1.54, 1.807) is 11.3 Å². The maximum atomic E-state index is 5.61. The van der Waals surface area contributed by atoms with Crippen molar-refractivity contribution in [3.63, 3.8) is 0 Å². The molecule has 2 nitrogen and oxygen atoms in total. The van der Waals surface area contributed by atoms with Crippen LogP contribution in [0.2, 0.25) is 0 Å². The molecule has 0 aliphatic heterocycles. The zero-order valence-electron chi connectivity index (χ0n) is 10.2. The van der Waals surface area contributed by atoms with Crippen LogP contribution in [0.3, 0.4) is 0 Å². The standard InChI is InChI=1S/C15H14N2S/c1-10-17-14-8-13(6-7-15(14)18-10)12-4-2-11(9-16)3-5-12/h2-8H,9,16H2,1H3. The molecule has 0 unspecified atom stereocenters. The second-order valence-corrected chi connectivity index (χ2v) is 5.55. The van der Waals surface area contributed by atoms with Gasteiger partial charge in [0.05, 0.1) is 15.2 Å². The Labute approximate surface area is 110 Å². The van der Waals surface area contributed by atoms with E-state index in [1.807, 2.05) is 6.92 Å². The van der Waals surface area contributed by atoms with Crippen LogP contribution in [0, 0.1) is 6.92 Å². The zero-order valence-corrected chi connectivity index (χ0v) is 11.0. The molecule has 0 fully saturated rings. The lowest BCUT2D eigenvalue weighted by Gasteiger charge is -2.03. The summed E-state index contributed by atoms with van der Waals surface area (Å²) < 4.78 is 1.25. The molecule has 3 rings (SSSR count). The molecule has 0 atom stereocenters. The third-order valence-corrected chi connectivity index (χ3v) is 3.97. The lowest BCUT2D eigenvalue weighted by atomic mass is 10.0. The van der Waals surface area contributed by atoms with Gasteiger partial charge in [0.1, 0.15) is 0 Å². The van der Waals surface area contributed by atoms with Crippen LogP contribution >= 0.6 is 11.3 Å². The number of hydrogen-bond acceptors (Lipinski definition) is 3. The van der Waals surface area contributed by atoms with Crippen LogP contribution in [-0.2, 0) is 6.54 Å². The van der Waals surface area contributed by atoms with Crippen LogP contribution in [0.25, 0.3) is 21.3 Å². The number of nitrogens with two attached hydrogens (primary N) is 1. The van der Waals surface area contributed by atoms with Crippen LogP contribution in [0.1, 0.15) is 10.6 Å². The van der Waals surface area contributed by atoms with Gasteiger partial charge in [-0.25, -0.2) is 4.98 Å². The van der Waals surface area contributed by atoms with E-state index in [0.717, 1.165) is 16.1 Å². The van der Waals surface area contributed by atoms with Crippen molar-refractivity contribution in [3.8, 4) is 11.1 Å². The average molecular weight is 254 g/mol. The molecule has 1 heterocycles. The SMILES string of the molecule is Cc1nc2cc(-c3ccc(CN)cc3)ccc2s1. The number of aromatic nitrogens is 1. The first kappa shape index (κ1) is 11.4. The van der Waals surface area contributed by atoms with E-state index < -0.39 is 0 Å². The first-order valence-electron chi connectivity index (χ1n) is 5.93. The van der Waals surface area contributed by atoms with Gasteiger partial charge in [0.15, 0.2) is 0 Å². The highest BCUT2D eigenvalue weighted by Gasteiger charge is 2.03. The van der Waals surface area contributed by atoms with Gasteiger partial charge in [0.2, 0.25) is 0 Å². The minimum absolute atomic E-state index is 0.588. The van der Waals surface area contributed by atoms with E-state index in [4.69, 9.17) is 5.73 Å². The summed E-state index contributed by atoms with van der Waals surface area (Å²) in [4.78, 5) is 4.53. The molecule has 0 spiro atoms. The summed E-state index contributed by atoms with van der Waals surface area (Å²) in [7, 11) is 0. The molecular weight excluding hydrogens is 240 g/mol. The van der Waals surface area contributed by atoms with Gasteiger partial charge >= 0.3 is 0 Å². The van der Waals surface area contributed by atoms with Crippen molar-refractivity contribution >= 4 is 21.6 Å². The molecule has 0 radical (unpaired) electrons. The van der Waals surface area contributed by atoms with Gasteiger partial charge < -0.3 is 5.73 Å². The molecule has 1 aromatic heterocycles. The second kappa shape index (κ2) is 4.52. The number of aryl methyl sites for hydroxylation is 1. The average Bonchev–Trinajstić information content (AvgIpc) is 2.78. The fourth-order valence-electron chi connectivity index (χ4n) is 2.06. The molecule has 3 heteroatoms.